The van der Waals surface area contributed by atoms with Crippen LogP contribution >= 0.6 is 0 Å². The molecule has 0 aliphatic carbocycles. The minimum absolute atomic E-state index is 0.0145. The number of hydrogen-bond acceptors (Lipinski definition) is 1. The summed E-state index contributed by atoms with van der Waals surface area (Å²) in [4.78, 5) is 0. The van der Waals surface area contributed by atoms with E-state index in [1.54, 1.807) is 12.3 Å². The minimum Gasteiger partial charge on any atom is -0.493 e. The van der Waals surface area contributed by atoms with Crippen LogP contribution in [0.3, 0.4) is 0 Å². The van der Waals surface area contributed by atoms with Gasteiger partial charge in [-0.15, -0.1) is 0 Å². The molecule has 1 aliphatic rings. The lowest BCUT2D eigenvalue weighted by Gasteiger charge is -2.14. The van der Waals surface area contributed by atoms with Gasteiger partial charge in [0.25, 0.3) is 0 Å². The zero-order valence-corrected chi connectivity index (χ0v) is 8.16. The van der Waals surface area contributed by atoms with E-state index in [1.807, 2.05) is 12.1 Å². The van der Waals surface area contributed by atoms with Gasteiger partial charge in [0, 0.05) is 6.42 Å². The van der Waals surface area contributed by atoms with E-state index < -0.39 is 0 Å². The summed E-state index contributed by atoms with van der Waals surface area (Å²) in [6.07, 6.45) is 5.43. The second kappa shape index (κ2) is 3.82. The van der Waals surface area contributed by atoms with Crippen molar-refractivity contribution in [3.8, 4) is 0 Å². The second-order valence-corrected chi connectivity index (χ2v) is 3.43. The van der Waals surface area contributed by atoms with Crippen LogP contribution < -0.4 is 0 Å². The average Bonchev–Trinajstić information content (AvgIpc) is 2.70. The Hall–Kier alpha value is -1.31. The van der Waals surface area contributed by atoms with Gasteiger partial charge in [0.15, 0.2) is 0 Å². The Kier molecular flexibility index (Phi) is 2.53. The molecule has 1 aliphatic heterocycles. The zero-order valence-electron chi connectivity index (χ0n) is 8.16. The van der Waals surface area contributed by atoms with E-state index in [0.29, 0.717) is 0 Å². The van der Waals surface area contributed by atoms with Gasteiger partial charge in [0.2, 0.25) is 0 Å². The summed E-state index contributed by atoms with van der Waals surface area (Å²) in [5.41, 5.74) is 2.15. The largest absolute Gasteiger partial charge is 0.493 e. The second-order valence-electron chi connectivity index (χ2n) is 3.43. The minimum atomic E-state index is -0.187. The third kappa shape index (κ3) is 1.65. The fraction of sp³-hybridized carbons (Fsp3) is 0.333. The molecule has 0 radical (unpaired) electrons. The van der Waals surface area contributed by atoms with Crippen molar-refractivity contribution >= 4 is 0 Å². The maximum atomic E-state index is 13.1. The molecule has 14 heavy (non-hydrogen) atoms. The molecule has 1 heterocycles. The average molecular weight is 192 g/mol. The van der Waals surface area contributed by atoms with Crippen molar-refractivity contribution in [3.63, 3.8) is 0 Å². The number of rotatable bonds is 2. The molecule has 0 fully saturated rings. The van der Waals surface area contributed by atoms with Crippen molar-refractivity contribution < 1.29 is 9.13 Å². The Bertz CT molecular complexity index is 349. The molecule has 2 heteroatoms. The molecular weight excluding hydrogens is 179 g/mol. The van der Waals surface area contributed by atoms with Gasteiger partial charge in [-0.1, -0.05) is 13.0 Å². The molecule has 74 valence electrons. The quantitative estimate of drug-likeness (QED) is 0.698. The number of halogens is 1. The van der Waals surface area contributed by atoms with Crippen LogP contribution in [0.25, 0.3) is 0 Å². The van der Waals surface area contributed by atoms with E-state index in [-0.39, 0.29) is 11.9 Å². The van der Waals surface area contributed by atoms with Gasteiger partial charge in [-0.2, -0.15) is 0 Å². The normalized spacial score (nSPS) is 19.7. The van der Waals surface area contributed by atoms with Crippen LogP contribution in [0.1, 0.15) is 30.6 Å². The summed E-state index contributed by atoms with van der Waals surface area (Å²) in [7, 11) is 0. The maximum Gasteiger partial charge on any atom is 0.127 e. The molecule has 0 saturated carbocycles. The predicted octanol–water partition coefficient (Wildman–Crippen LogP) is 3.36. The monoisotopic (exact) mass is 192 g/mol. The lowest BCUT2D eigenvalue weighted by molar-refractivity contribution is 0.172. The lowest BCUT2D eigenvalue weighted by atomic mass is 9.99. The van der Waals surface area contributed by atoms with Gasteiger partial charge in [0.05, 0.1) is 6.26 Å². The highest BCUT2D eigenvalue weighted by Gasteiger charge is 2.17. The summed E-state index contributed by atoms with van der Waals surface area (Å²) >= 11 is 0. The Balaban J connectivity index is 2.34. The van der Waals surface area contributed by atoms with Crippen molar-refractivity contribution in [2.24, 2.45) is 0 Å². The Labute approximate surface area is 83.2 Å². The van der Waals surface area contributed by atoms with Crippen molar-refractivity contribution in [1.29, 1.82) is 0 Å². The number of ether oxygens (including phenoxy) is 1. The summed E-state index contributed by atoms with van der Waals surface area (Å²) in [5.74, 6) is -0.187. The van der Waals surface area contributed by atoms with Gasteiger partial charge >= 0.3 is 0 Å². The summed E-state index contributed by atoms with van der Waals surface area (Å²) in [5, 5.41) is 0. The highest BCUT2D eigenvalue weighted by Crippen LogP contribution is 2.29. The maximum absolute atomic E-state index is 13.1. The standard InChI is InChI=1S/C12H13FO/c1-2-9-5-6-10(13)8-11(9)12-4-3-7-14-12/h3,5-8,12H,2,4H2,1H3. The lowest BCUT2D eigenvalue weighted by Crippen LogP contribution is -2.01. The van der Waals surface area contributed by atoms with Gasteiger partial charge in [-0.05, 0) is 35.8 Å². The van der Waals surface area contributed by atoms with Gasteiger partial charge in [0.1, 0.15) is 11.9 Å². The highest BCUT2D eigenvalue weighted by molar-refractivity contribution is 5.31. The molecule has 0 saturated heterocycles. The van der Waals surface area contributed by atoms with E-state index in [9.17, 15) is 4.39 Å². The van der Waals surface area contributed by atoms with E-state index in [1.165, 1.54) is 11.6 Å². The molecule has 0 aromatic heterocycles. The number of aryl methyl sites for hydroxylation is 1. The molecule has 1 aromatic rings. The fourth-order valence-corrected chi connectivity index (χ4v) is 1.77. The van der Waals surface area contributed by atoms with Crippen molar-refractivity contribution in [2.75, 3.05) is 0 Å². The number of hydrogen-bond donors (Lipinski definition) is 0. The van der Waals surface area contributed by atoms with Crippen molar-refractivity contribution in [1.82, 2.24) is 0 Å². The zero-order chi connectivity index (χ0) is 9.97. The Morgan fingerprint density at radius 2 is 2.36 bits per heavy atom. The molecule has 0 spiro atoms. The van der Waals surface area contributed by atoms with Crippen LogP contribution in [-0.4, -0.2) is 0 Å². The molecule has 0 amide bonds. The van der Waals surface area contributed by atoms with Gasteiger partial charge in [-0.3, -0.25) is 0 Å². The van der Waals surface area contributed by atoms with E-state index in [2.05, 4.69) is 6.92 Å². The van der Waals surface area contributed by atoms with Crippen LogP contribution in [0.15, 0.2) is 30.5 Å². The van der Waals surface area contributed by atoms with Crippen molar-refractivity contribution in [3.05, 3.63) is 47.5 Å². The third-order valence-electron chi connectivity index (χ3n) is 2.52. The first-order valence-corrected chi connectivity index (χ1v) is 4.90. The number of benzene rings is 1. The Morgan fingerprint density at radius 1 is 1.50 bits per heavy atom. The molecular formula is C12H13FO. The molecule has 1 nitrogen and oxygen atoms in total. The smallest absolute Gasteiger partial charge is 0.127 e. The third-order valence-corrected chi connectivity index (χ3v) is 2.52. The van der Waals surface area contributed by atoms with E-state index in [4.69, 9.17) is 4.74 Å². The molecule has 0 bridgehead atoms. The molecule has 1 atom stereocenters. The van der Waals surface area contributed by atoms with Gasteiger partial charge < -0.3 is 4.74 Å². The van der Waals surface area contributed by atoms with Crippen LogP contribution in [0.5, 0.6) is 0 Å². The topological polar surface area (TPSA) is 9.23 Å². The molecule has 0 N–H and O–H groups in total. The van der Waals surface area contributed by atoms with E-state index >= 15 is 0 Å². The van der Waals surface area contributed by atoms with Crippen LogP contribution in [-0.2, 0) is 11.2 Å². The van der Waals surface area contributed by atoms with Crippen molar-refractivity contribution in [2.45, 2.75) is 25.9 Å². The fourth-order valence-electron chi connectivity index (χ4n) is 1.77. The molecule has 1 aromatic carbocycles. The van der Waals surface area contributed by atoms with Crippen LogP contribution in [0.2, 0.25) is 0 Å². The highest BCUT2D eigenvalue weighted by atomic mass is 19.1. The molecule has 2 rings (SSSR count). The first kappa shape index (κ1) is 9.25. The van der Waals surface area contributed by atoms with Crippen LogP contribution in [0.4, 0.5) is 4.39 Å². The molecule has 1 unspecified atom stereocenters. The van der Waals surface area contributed by atoms with E-state index in [0.717, 1.165) is 18.4 Å². The first-order chi connectivity index (χ1) is 6.81. The first-order valence-electron chi connectivity index (χ1n) is 4.90. The predicted molar refractivity (Wildman–Crippen MR) is 53.4 cm³/mol. The SMILES string of the molecule is CCc1ccc(F)cc1C1CC=CO1. The van der Waals surface area contributed by atoms with Crippen LogP contribution in [0, 0.1) is 5.82 Å². The summed E-state index contributed by atoms with van der Waals surface area (Å²) < 4.78 is 18.5. The Morgan fingerprint density at radius 3 is 3.00 bits per heavy atom. The summed E-state index contributed by atoms with van der Waals surface area (Å²) in [6.45, 7) is 2.07. The van der Waals surface area contributed by atoms with Gasteiger partial charge in [-0.25, -0.2) is 4.39 Å². The summed E-state index contributed by atoms with van der Waals surface area (Å²) in [6, 6.07) is 4.92.